The lowest BCUT2D eigenvalue weighted by molar-refractivity contribution is -0.131. The summed E-state index contributed by atoms with van der Waals surface area (Å²) in [7, 11) is 0. The first-order chi connectivity index (χ1) is 30.0. The zero-order chi connectivity index (χ0) is 45.5. The number of carbonyl (C=O) groups is 3. The lowest BCUT2D eigenvalue weighted by atomic mass is 9.64. The average molecular weight is 867 g/mol. The largest absolute Gasteiger partial charge is 0.478 e. The van der Waals surface area contributed by atoms with Crippen molar-refractivity contribution in [1.82, 2.24) is 9.97 Å². The molecule has 9 rings (SSSR count). The number of aromatic nitrogens is 2. The Morgan fingerprint density at radius 2 is 1.21 bits per heavy atom. The van der Waals surface area contributed by atoms with Gasteiger partial charge in [0.1, 0.15) is 6.29 Å². The molecule has 348 valence electrons. The van der Waals surface area contributed by atoms with Crippen molar-refractivity contribution in [1.29, 1.82) is 0 Å². The highest BCUT2D eigenvalue weighted by Gasteiger charge is 2.37. The predicted octanol–water partition coefficient (Wildman–Crippen LogP) is 13.0. The number of aliphatic carboxylic acids is 1. The number of aldehydes is 1. The number of hydrogen-bond acceptors (Lipinski definition) is 6. The minimum absolute atomic E-state index is 0.351. The Morgan fingerprint density at radius 1 is 0.714 bits per heavy atom. The number of allylic oxidation sites excluding steroid dienone is 9. The van der Waals surface area contributed by atoms with Gasteiger partial charge in [0.2, 0.25) is 0 Å². The molecule has 8 aliphatic carbocycles. The zero-order valence-corrected chi connectivity index (χ0v) is 39.5. The van der Waals surface area contributed by atoms with Crippen LogP contribution in [-0.2, 0) is 20.8 Å². The van der Waals surface area contributed by atoms with Gasteiger partial charge in [0.25, 0.3) is 0 Å². The fraction of sp³-hybridized carbons (Fsp3) is 0.673. The summed E-state index contributed by atoms with van der Waals surface area (Å²) in [4.78, 5) is 38.6. The van der Waals surface area contributed by atoms with Crippen LogP contribution in [0.3, 0.4) is 0 Å². The Morgan fingerprint density at radius 3 is 1.70 bits per heavy atom. The van der Waals surface area contributed by atoms with Gasteiger partial charge in [-0.25, -0.2) is 9.78 Å². The Hall–Kier alpha value is -3.62. The highest BCUT2D eigenvalue weighted by atomic mass is 16.5. The van der Waals surface area contributed by atoms with Gasteiger partial charge in [0.15, 0.2) is 12.1 Å². The molecule has 6 atom stereocenters. The number of carbonyl (C=O) groups excluding carboxylic acids is 2. The number of carboxylic acid groups (broad SMARTS) is 1. The number of fused-ring (bicyclic) bond motifs is 4. The monoisotopic (exact) mass is 867 g/mol. The van der Waals surface area contributed by atoms with Crippen molar-refractivity contribution in [3.8, 4) is 0 Å². The van der Waals surface area contributed by atoms with Crippen LogP contribution < -0.4 is 0 Å². The van der Waals surface area contributed by atoms with E-state index in [9.17, 15) is 14.4 Å². The van der Waals surface area contributed by atoms with Crippen molar-refractivity contribution in [2.24, 2.45) is 33.5 Å². The molecule has 0 aliphatic heterocycles. The predicted molar refractivity (Wildman–Crippen MR) is 255 cm³/mol. The van der Waals surface area contributed by atoms with Crippen molar-refractivity contribution in [2.45, 2.75) is 201 Å². The van der Waals surface area contributed by atoms with Crippen molar-refractivity contribution in [3.05, 3.63) is 89.1 Å². The van der Waals surface area contributed by atoms with Gasteiger partial charge in [-0.3, -0.25) is 4.79 Å². The number of hydrogen-bond donors (Lipinski definition) is 4. The summed E-state index contributed by atoms with van der Waals surface area (Å²) >= 11 is 0. The smallest absolute Gasteiger partial charge is 0.328 e. The minimum Gasteiger partial charge on any atom is -0.478 e. The summed E-state index contributed by atoms with van der Waals surface area (Å²) < 4.78 is 0. The van der Waals surface area contributed by atoms with Gasteiger partial charge in [-0.2, -0.15) is 0 Å². The van der Waals surface area contributed by atoms with Gasteiger partial charge in [0.05, 0.1) is 6.33 Å². The Labute approximate surface area is 380 Å². The summed E-state index contributed by atoms with van der Waals surface area (Å²) in [6, 6.07) is 0. The molecule has 4 saturated carbocycles. The molecule has 4 unspecified atom stereocenters. The van der Waals surface area contributed by atoms with Crippen LogP contribution in [0.4, 0.5) is 0 Å². The average Bonchev–Trinajstić information content (AvgIpc) is 3.78. The van der Waals surface area contributed by atoms with E-state index in [1.807, 2.05) is 12.3 Å². The first-order valence-electron chi connectivity index (χ1n) is 24.8. The summed E-state index contributed by atoms with van der Waals surface area (Å²) in [5, 5.41) is 23.9. The zero-order valence-electron chi connectivity index (χ0n) is 39.5. The van der Waals surface area contributed by atoms with Crippen LogP contribution in [0.15, 0.2) is 83.4 Å². The van der Waals surface area contributed by atoms with E-state index in [2.05, 4.69) is 62.5 Å². The van der Waals surface area contributed by atoms with E-state index in [1.54, 1.807) is 23.0 Å². The molecule has 8 nitrogen and oxygen atoms in total. The quantitative estimate of drug-likeness (QED) is 0.0966. The van der Waals surface area contributed by atoms with Crippen LogP contribution in [-0.4, -0.2) is 49.6 Å². The summed E-state index contributed by atoms with van der Waals surface area (Å²) in [6.45, 7) is 13.7. The number of nitrogens with zero attached hydrogens (tertiary/aromatic N) is 1. The van der Waals surface area contributed by atoms with E-state index in [0.29, 0.717) is 39.4 Å². The number of H-pyrrole nitrogens is 1. The molecule has 4 fully saturated rings. The van der Waals surface area contributed by atoms with Crippen LogP contribution in [0, 0.1) is 33.5 Å². The fourth-order valence-corrected chi connectivity index (χ4v) is 11.9. The van der Waals surface area contributed by atoms with E-state index in [-0.39, 0.29) is 0 Å². The molecular weight excluding hydrogens is 785 g/mol. The molecule has 0 radical (unpaired) electrons. The maximum absolute atomic E-state index is 11.2. The highest BCUT2D eigenvalue weighted by molar-refractivity contribution is 5.91. The van der Waals surface area contributed by atoms with Gasteiger partial charge >= 0.3 is 5.97 Å². The maximum atomic E-state index is 11.2. The molecular formula is C55H82N2O6. The SMILES string of the molecule is C=C1C=C2CCCCC2(C)CC1.CC12CCCCC1=CC(=O)CC2.CC12CCCCC1=CC(CC=O)CC2.C[C@@]12CCCCC1=C[C@@H](Cc1cnc[nH]1)CC2.O=C(O)/C=C/C(O)O. The highest BCUT2D eigenvalue weighted by Crippen LogP contribution is 2.51. The summed E-state index contributed by atoms with van der Waals surface area (Å²) in [5.41, 5.74) is 11.2. The third-order valence-electron chi connectivity index (χ3n) is 16.3. The second-order valence-corrected chi connectivity index (χ2v) is 21.3. The molecule has 63 heavy (non-hydrogen) atoms. The Balaban J connectivity index is 0.000000151. The molecule has 4 N–H and O–H groups in total. The number of aromatic amines is 1. The number of aliphatic hydroxyl groups is 2. The lowest BCUT2D eigenvalue weighted by Gasteiger charge is -2.41. The third kappa shape index (κ3) is 15.0. The first-order valence-corrected chi connectivity index (χ1v) is 24.8. The molecule has 0 saturated heterocycles. The van der Waals surface area contributed by atoms with Crippen LogP contribution >= 0.6 is 0 Å². The van der Waals surface area contributed by atoms with Crippen molar-refractivity contribution < 1.29 is 29.7 Å². The third-order valence-corrected chi connectivity index (χ3v) is 16.3. The molecule has 0 amide bonds. The normalized spacial score (nSPS) is 32.2. The number of nitrogens with one attached hydrogen (secondary N) is 1. The van der Waals surface area contributed by atoms with Gasteiger partial charge in [-0.1, -0.05) is 106 Å². The second-order valence-electron chi connectivity index (χ2n) is 21.3. The molecule has 1 aromatic heterocycles. The number of imidazole rings is 1. The fourth-order valence-electron chi connectivity index (χ4n) is 11.9. The second kappa shape index (κ2) is 23.5. The molecule has 1 aromatic rings. The number of carboxylic acids is 1. The molecule has 0 bridgehead atoms. The van der Waals surface area contributed by atoms with Crippen LogP contribution in [0.2, 0.25) is 0 Å². The lowest BCUT2D eigenvalue weighted by Crippen LogP contribution is -2.28. The van der Waals surface area contributed by atoms with Crippen molar-refractivity contribution in [2.75, 3.05) is 0 Å². The van der Waals surface area contributed by atoms with E-state index >= 15 is 0 Å². The van der Waals surface area contributed by atoms with E-state index in [4.69, 9.17) is 15.3 Å². The van der Waals surface area contributed by atoms with E-state index < -0.39 is 12.3 Å². The molecule has 8 heteroatoms. The van der Waals surface area contributed by atoms with Crippen LogP contribution in [0.5, 0.6) is 0 Å². The number of ketones is 1. The van der Waals surface area contributed by atoms with Crippen molar-refractivity contribution >= 4 is 18.0 Å². The topological polar surface area (TPSA) is 141 Å². The molecule has 8 aliphatic rings. The van der Waals surface area contributed by atoms with Crippen LogP contribution in [0.25, 0.3) is 0 Å². The van der Waals surface area contributed by atoms with Gasteiger partial charge < -0.3 is 25.1 Å². The number of aliphatic hydroxyl groups excluding tert-OH is 1. The summed E-state index contributed by atoms with van der Waals surface area (Å²) in [5.74, 6) is 0.438. The molecule has 0 aromatic carbocycles. The van der Waals surface area contributed by atoms with Gasteiger partial charge in [0, 0.05) is 30.8 Å². The first kappa shape index (κ1) is 50.4. The summed E-state index contributed by atoms with van der Waals surface area (Å²) in [6.07, 6.45) is 47.1. The Bertz CT molecular complexity index is 1800. The molecule has 1 heterocycles. The van der Waals surface area contributed by atoms with Crippen molar-refractivity contribution in [3.63, 3.8) is 0 Å². The maximum Gasteiger partial charge on any atom is 0.328 e. The number of rotatable bonds is 6. The van der Waals surface area contributed by atoms with E-state index in [0.717, 1.165) is 44.0 Å². The minimum atomic E-state index is -1.67. The van der Waals surface area contributed by atoms with E-state index in [1.165, 1.54) is 158 Å². The van der Waals surface area contributed by atoms with Crippen LogP contribution in [0.1, 0.15) is 194 Å². The Kier molecular flexibility index (Phi) is 18.8. The van der Waals surface area contributed by atoms with Gasteiger partial charge in [-0.15, -0.1) is 0 Å². The standard InChI is InChI=1S/C15H22N2.C13H20O.C12H18.C11H16O.C4H6O4/c1-15-6-3-2-4-13(15)8-12(5-7-15)9-14-10-16-11-17-14;1-13-7-3-2-4-12(13)10-11(5-8-13)6-9-14;1-10-6-8-12(2)7-4-3-5-11(12)9-10;1-11-6-3-2-4-9(11)8-10(12)5-7-11;5-3(6)1-2-4(7)8/h8,10-12H,2-7,9H2,1H3,(H,16,17);9-11H,2-8H2,1H3;9H,1,3-8H2,2H3;8H,2-7H2,1H3;1-3,5-6H,(H,7,8)/b;;;;2-1+/t12-,15-;;;;/m0..../s1. The molecule has 0 spiro atoms. The van der Waals surface area contributed by atoms with Gasteiger partial charge in [-0.05, 0) is 174 Å².